The van der Waals surface area contributed by atoms with Gasteiger partial charge in [-0.1, -0.05) is 6.07 Å². The van der Waals surface area contributed by atoms with Crippen LogP contribution in [-0.4, -0.2) is 32.3 Å². The number of hydrogen-bond acceptors (Lipinski definition) is 3. The van der Waals surface area contributed by atoms with Gasteiger partial charge in [-0.2, -0.15) is 13.2 Å². The molecular formula is C12H15F3N2O3S. The molecule has 0 atom stereocenters. The SMILES string of the molecule is CCN(CC)C(=O)c1c(C(F)(F)F)cccc1S(N)(=O)=O. The number of alkyl halides is 3. The summed E-state index contributed by atoms with van der Waals surface area (Å²) in [6.07, 6.45) is -4.86. The third-order valence-electron chi connectivity index (χ3n) is 2.90. The molecule has 2 N–H and O–H groups in total. The van der Waals surface area contributed by atoms with E-state index in [1.54, 1.807) is 13.8 Å². The maximum absolute atomic E-state index is 13.0. The molecule has 0 bridgehead atoms. The number of halogens is 3. The summed E-state index contributed by atoms with van der Waals surface area (Å²) >= 11 is 0. The monoisotopic (exact) mass is 324 g/mol. The van der Waals surface area contributed by atoms with Gasteiger partial charge in [-0.05, 0) is 26.0 Å². The Labute approximate surface area is 120 Å². The van der Waals surface area contributed by atoms with E-state index in [-0.39, 0.29) is 13.1 Å². The fourth-order valence-electron chi connectivity index (χ4n) is 1.89. The van der Waals surface area contributed by atoms with Crippen molar-refractivity contribution in [2.75, 3.05) is 13.1 Å². The molecule has 1 rings (SSSR count). The fourth-order valence-corrected chi connectivity index (χ4v) is 2.64. The Balaban J connectivity index is 3.70. The van der Waals surface area contributed by atoms with E-state index in [1.165, 1.54) is 0 Å². The normalized spacial score (nSPS) is 12.3. The van der Waals surface area contributed by atoms with Crippen molar-refractivity contribution in [1.29, 1.82) is 0 Å². The number of carbonyl (C=O) groups excluding carboxylic acids is 1. The van der Waals surface area contributed by atoms with Gasteiger partial charge < -0.3 is 4.90 Å². The highest BCUT2D eigenvalue weighted by Crippen LogP contribution is 2.35. The molecule has 0 aliphatic rings. The first kappa shape index (κ1) is 17.4. The van der Waals surface area contributed by atoms with Gasteiger partial charge in [-0.15, -0.1) is 0 Å². The Morgan fingerprint density at radius 3 is 2.14 bits per heavy atom. The zero-order chi connectivity index (χ0) is 16.4. The van der Waals surface area contributed by atoms with E-state index in [0.29, 0.717) is 6.07 Å². The highest BCUT2D eigenvalue weighted by atomic mass is 32.2. The van der Waals surface area contributed by atoms with E-state index in [4.69, 9.17) is 5.14 Å². The van der Waals surface area contributed by atoms with Crippen molar-refractivity contribution in [3.8, 4) is 0 Å². The molecule has 0 spiro atoms. The Morgan fingerprint density at radius 1 is 1.24 bits per heavy atom. The van der Waals surface area contributed by atoms with Crippen LogP contribution in [0.15, 0.2) is 23.1 Å². The average molecular weight is 324 g/mol. The highest BCUT2D eigenvalue weighted by molar-refractivity contribution is 7.89. The van der Waals surface area contributed by atoms with Crippen LogP contribution in [0.2, 0.25) is 0 Å². The molecule has 0 fully saturated rings. The van der Waals surface area contributed by atoms with Crippen LogP contribution in [0, 0.1) is 0 Å². The van der Waals surface area contributed by atoms with E-state index >= 15 is 0 Å². The number of rotatable bonds is 4. The van der Waals surface area contributed by atoms with Crippen LogP contribution >= 0.6 is 0 Å². The molecule has 9 heteroatoms. The minimum atomic E-state index is -4.86. The van der Waals surface area contributed by atoms with Crippen LogP contribution in [0.3, 0.4) is 0 Å². The maximum atomic E-state index is 13.0. The summed E-state index contributed by atoms with van der Waals surface area (Å²) in [5, 5.41) is 4.92. The number of carbonyl (C=O) groups is 1. The zero-order valence-corrected chi connectivity index (χ0v) is 12.3. The van der Waals surface area contributed by atoms with Crippen molar-refractivity contribution >= 4 is 15.9 Å². The first-order valence-electron chi connectivity index (χ1n) is 6.06. The van der Waals surface area contributed by atoms with Crippen molar-refractivity contribution < 1.29 is 26.4 Å². The van der Waals surface area contributed by atoms with Gasteiger partial charge >= 0.3 is 6.18 Å². The van der Waals surface area contributed by atoms with Gasteiger partial charge in [-0.25, -0.2) is 13.6 Å². The summed E-state index contributed by atoms with van der Waals surface area (Å²) in [7, 11) is -4.46. The van der Waals surface area contributed by atoms with Crippen LogP contribution in [0.5, 0.6) is 0 Å². The first-order chi connectivity index (χ1) is 9.54. The Kier molecular flexibility index (Phi) is 5.00. The third-order valence-corrected chi connectivity index (χ3v) is 3.86. The van der Waals surface area contributed by atoms with E-state index in [0.717, 1.165) is 17.0 Å². The number of benzene rings is 1. The molecule has 0 radical (unpaired) electrons. The van der Waals surface area contributed by atoms with Crippen LogP contribution in [0.1, 0.15) is 29.8 Å². The molecule has 1 aromatic rings. The quantitative estimate of drug-likeness (QED) is 0.917. The van der Waals surface area contributed by atoms with Gasteiger partial charge in [0.2, 0.25) is 10.0 Å². The summed E-state index contributed by atoms with van der Waals surface area (Å²) in [4.78, 5) is 12.5. The van der Waals surface area contributed by atoms with Crippen molar-refractivity contribution in [3.05, 3.63) is 29.3 Å². The molecule has 0 aliphatic carbocycles. The molecule has 1 aromatic carbocycles. The molecule has 0 aliphatic heterocycles. The summed E-state index contributed by atoms with van der Waals surface area (Å²) in [5.74, 6) is -1.02. The second-order valence-electron chi connectivity index (χ2n) is 4.20. The minimum Gasteiger partial charge on any atom is -0.339 e. The number of amides is 1. The van der Waals surface area contributed by atoms with Crippen molar-refractivity contribution in [2.45, 2.75) is 24.9 Å². The molecule has 118 valence electrons. The second-order valence-corrected chi connectivity index (χ2v) is 5.73. The lowest BCUT2D eigenvalue weighted by Crippen LogP contribution is -2.34. The van der Waals surface area contributed by atoms with E-state index in [9.17, 15) is 26.4 Å². The van der Waals surface area contributed by atoms with E-state index < -0.39 is 38.1 Å². The third kappa shape index (κ3) is 3.73. The number of hydrogen-bond donors (Lipinski definition) is 1. The van der Waals surface area contributed by atoms with Gasteiger partial charge in [0, 0.05) is 13.1 Å². The van der Waals surface area contributed by atoms with Gasteiger partial charge in [0.05, 0.1) is 16.0 Å². The van der Waals surface area contributed by atoms with Crippen LogP contribution in [-0.2, 0) is 16.2 Å². The Hall–Kier alpha value is -1.61. The first-order valence-corrected chi connectivity index (χ1v) is 7.60. The number of nitrogens with zero attached hydrogens (tertiary/aromatic N) is 1. The topological polar surface area (TPSA) is 80.5 Å². The fraction of sp³-hybridized carbons (Fsp3) is 0.417. The second kappa shape index (κ2) is 6.02. The average Bonchev–Trinajstić information content (AvgIpc) is 2.37. The summed E-state index contributed by atoms with van der Waals surface area (Å²) in [5.41, 5.74) is -2.25. The van der Waals surface area contributed by atoms with Gasteiger partial charge in [0.1, 0.15) is 0 Å². The molecule has 0 saturated carbocycles. The van der Waals surface area contributed by atoms with Gasteiger partial charge in [0.25, 0.3) is 5.91 Å². The minimum absolute atomic E-state index is 0.144. The standard InChI is InChI=1S/C12H15F3N2O3S/c1-3-17(4-2)11(18)10-8(12(13,14)15)6-5-7-9(10)21(16,19)20/h5-7H,3-4H2,1-2H3,(H2,16,19,20). The van der Waals surface area contributed by atoms with Crippen molar-refractivity contribution in [1.82, 2.24) is 4.90 Å². The molecule has 0 unspecified atom stereocenters. The van der Waals surface area contributed by atoms with Gasteiger partial charge in [0.15, 0.2) is 0 Å². The highest BCUT2D eigenvalue weighted by Gasteiger charge is 2.38. The van der Waals surface area contributed by atoms with E-state index in [1.807, 2.05) is 0 Å². The lowest BCUT2D eigenvalue weighted by molar-refractivity contribution is -0.138. The largest absolute Gasteiger partial charge is 0.417 e. The number of sulfonamides is 1. The zero-order valence-electron chi connectivity index (χ0n) is 11.4. The van der Waals surface area contributed by atoms with Crippen LogP contribution in [0.4, 0.5) is 13.2 Å². The van der Waals surface area contributed by atoms with Crippen LogP contribution < -0.4 is 5.14 Å². The smallest absolute Gasteiger partial charge is 0.339 e. The Bertz CT molecular complexity index is 638. The molecular weight excluding hydrogens is 309 g/mol. The molecule has 0 saturated heterocycles. The molecule has 5 nitrogen and oxygen atoms in total. The molecule has 0 heterocycles. The van der Waals surface area contributed by atoms with Gasteiger partial charge in [-0.3, -0.25) is 4.79 Å². The number of primary sulfonamides is 1. The maximum Gasteiger partial charge on any atom is 0.417 e. The molecule has 1 amide bonds. The summed E-state index contributed by atoms with van der Waals surface area (Å²) in [6.45, 7) is 3.44. The molecule has 21 heavy (non-hydrogen) atoms. The van der Waals surface area contributed by atoms with Crippen molar-refractivity contribution in [2.24, 2.45) is 5.14 Å². The predicted molar refractivity (Wildman–Crippen MR) is 70.1 cm³/mol. The van der Waals surface area contributed by atoms with Crippen LogP contribution in [0.25, 0.3) is 0 Å². The lowest BCUT2D eigenvalue weighted by atomic mass is 10.1. The lowest BCUT2D eigenvalue weighted by Gasteiger charge is -2.22. The number of nitrogens with two attached hydrogens (primary N) is 1. The summed E-state index contributed by atoms with van der Waals surface area (Å²) < 4.78 is 62.1. The predicted octanol–water partition coefficient (Wildman–Crippen LogP) is 1.83. The summed E-state index contributed by atoms with van der Waals surface area (Å²) in [6, 6.07) is 2.45. The Morgan fingerprint density at radius 2 is 1.76 bits per heavy atom. The van der Waals surface area contributed by atoms with Crippen molar-refractivity contribution in [3.63, 3.8) is 0 Å². The van der Waals surface area contributed by atoms with E-state index in [2.05, 4.69) is 0 Å². The molecule has 0 aromatic heterocycles.